The van der Waals surface area contributed by atoms with Gasteiger partial charge in [-0.15, -0.1) is 0 Å². The number of nitriles is 1. The van der Waals surface area contributed by atoms with E-state index in [2.05, 4.69) is 28.5 Å². The van der Waals surface area contributed by atoms with E-state index in [1.54, 1.807) is 0 Å². The SMILES string of the molecule is CCCNC(C)(C#N)CCCN1CCCC2C(=O)NCC21. The molecule has 2 aliphatic heterocycles. The molecular weight excluding hydrogens is 264 g/mol. The Bertz CT molecular complexity index is 406. The van der Waals surface area contributed by atoms with Gasteiger partial charge in [0.2, 0.25) is 5.91 Å². The minimum absolute atomic E-state index is 0.194. The van der Waals surface area contributed by atoms with Crippen molar-refractivity contribution in [1.29, 1.82) is 5.26 Å². The van der Waals surface area contributed by atoms with E-state index in [9.17, 15) is 10.1 Å². The molecule has 2 rings (SSSR count). The molecule has 2 saturated heterocycles. The molecule has 118 valence electrons. The lowest BCUT2D eigenvalue weighted by atomic mass is 9.90. The summed E-state index contributed by atoms with van der Waals surface area (Å²) in [6.07, 6.45) is 5.04. The van der Waals surface area contributed by atoms with Gasteiger partial charge in [-0.05, 0) is 58.7 Å². The summed E-state index contributed by atoms with van der Waals surface area (Å²) in [6.45, 7) is 7.86. The van der Waals surface area contributed by atoms with E-state index in [-0.39, 0.29) is 11.8 Å². The molecule has 3 atom stereocenters. The predicted octanol–water partition coefficient (Wildman–Crippen LogP) is 1.26. The standard InChI is InChI=1S/C16H28N4O/c1-3-8-19-16(2,12-17)7-5-10-20-9-4-6-13-14(20)11-18-15(13)21/h13-14,19H,3-11H2,1-2H3,(H,18,21). The molecule has 1 amide bonds. The second-order valence-electron chi connectivity index (χ2n) is 6.57. The van der Waals surface area contributed by atoms with Gasteiger partial charge in [0.25, 0.3) is 0 Å². The van der Waals surface area contributed by atoms with Gasteiger partial charge in [0.1, 0.15) is 5.54 Å². The summed E-state index contributed by atoms with van der Waals surface area (Å²) in [7, 11) is 0. The average Bonchev–Trinajstić information content (AvgIpc) is 2.88. The minimum atomic E-state index is -0.422. The summed E-state index contributed by atoms with van der Waals surface area (Å²) < 4.78 is 0. The third-order valence-corrected chi connectivity index (χ3v) is 4.85. The number of carbonyl (C=O) groups is 1. The molecule has 5 nitrogen and oxygen atoms in total. The Labute approximate surface area is 128 Å². The summed E-state index contributed by atoms with van der Waals surface area (Å²) in [5.74, 6) is 0.426. The first-order valence-corrected chi connectivity index (χ1v) is 8.27. The van der Waals surface area contributed by atoms with E-state index in [1.165, 1.54) is 0 Å². The van der Waals surface area contributed by atoms with Crippen molar-refractivity contribution < 1.29 is 4.79 Å². The quantitative estimate of drug-likeness (QED) is 0.741. The number of nitrogens with zero attached hydrogens (tertiary/aromatic N) is 2. The molecule has 2 N–H and O–H groups in total. The normalized spacial score (nSPS) is 28.5. The molecule has 0 spiro atoms. The molecule has 0 aromatic rings. The second kappa shape index (κ2) is 7.24. The Morgan fingerprint density at radius 1 is 1.57 bits per heavy atom. The zero-order chi connectivity index (χ0) is 15.3. The number of piperidine rings is 1. The van der Waals surface area contributed by atoms with Crippen LogP contribution in [-0.4, -0.2) is 48.6 Å². The predicted molar refractivity (Wildman–Crippen MR) is 82.6 cm³/mol. The summed E-state index contributed by atoms with van der Waals surface area (Å²) in [5, 5.41) is 15.7. The number of likely N-dealkylation sites (tertiary alicyclic amines) is 1. The first-order chi connectivity index (χ1) is 10.1. The van der Waals surface area contributed by atoms with Gasteiger partial charge in [0, 0.05) is 12.6 Å². The first kappa shape index (κ1) is 16.3. The molecule has 0 aliphatic carbocycles. The Hall–Kier alpha value is -1.12. The molecule has 2 fully saturated rings. The molecule has 21 heavy (non-hydrogen) atoms. The lowest BCUT2D eigenvalue weighted by molar-refractivity contribution is -0.124. The lowest BCUT2D eigenvalue weighted by Crippen LogP contribution is -2.47. The maximum Gasteiger partial charge on any atom is 0.224 e. The van der Waals surface area contributed by atoms with Crippen LogP contribution in [-0.2, 0) is 4.79 Å². The van der Waals surface area contributed by atoms with Crippen LogP contribution in [0.25, 0.3) is 0 Å². The maximum atomic E-state index is 11.8. The van der Waals surface area contributed by atoms with E-state index in [0.717, 1.165) is 58.3 Å². The molecular formula is C16H28N4O. The molecule has 3 unspecified atom stereocenters. The van der Waals surface area contributed by atoms with Crippen LogP contribution in [0.2, 0.25) is 0 Å². The van der Waals surface area contributed by atoms with Gasteiger partial charge in [-0.1, -0.05) is 6.92 Å². The van der Waals surface area contributed by atoms with Gasteiger partial charge in [-0.25, -0.2) is 0 Å². The van der Waals surface area contributed by atoms with E-state index >= 15 is 0 Å². The molecule has 0 radical (unpaired) electrons. The van der Waals surface area contributed by atoms with Gasteiger partial charge < -0.3 is 5.32 Å². The third-order valence-electron chi connectivity index (χ3n) is 4.85. The Kier molecular flexibility index (Phi) is 5.60. The Balaban J connectivity index is 1.80. The van der Waals surface area contributed by atoms with Crippen LogP contribution in [0.4, 0.5) is 0 Å². The highest BCUT2D eigenvalue weighted by Crippen LogP contribution is 2.27. The molecule has 5 heteroatoms. The van der Waals surface area contributed by atoms with Crippen molar-refractivity contribution in [3.8, 4) is 6.07 Å². The molecule has 0 aromatic carbocycles. The van der Waals surface area contributed by atoms with Crippen LogP contribution >= 0.6 is 0 Å². The van der Waals surface area contributed by atoms with Gasteiger partial charge in [-0.3, -0.25) is 15.0 Å². The molecule has 2 heterocycles. The van der Waals surface area contributed by atoms with Crippen LogP contribution in [0.3, 0.4) is 0 Å². The maximum absolute atomic E-state index is 11.8. The van der Waals surface area contributed by atoms with E-state index in [1.807, 2.05) is 6.92 Å². The Morgan fingerprint density at radius 2 is 2.38 bits per heavy atom. The van der Waals surface area contributed by atoms with Crippen molar-refractivity contribution in [1.82, 2.24) is 15.5 Å². The molecule has 0 saturated carbocycles. The van der Waals surface area contributed by atoms with Gasteiger partial charge >= 0.3 is 0 Å². The Morgan fingerprint density at radius 3 is 3.10 bits per heavy atom. The van der Waals surface area contributed by atoms with Gasteiger partial charge in [0.15, 0.2) is 0 Å². The fourth-order valence-corrected chi connectivity index (χ4v) is 3.54. The topological polar surface area (TPSA) is 68.2 Å². The number of hydrogen-bond donors (Lipinski definition) is 2. The number of amides is 1. The van der Waals surface area contributed by atoms with Crippen molar-refractivity contribution in [3.05, 3.63) is 0 Å². The second-order valence-corrected chi connectivity index (χ2v) is 6.57. The summed E-state index contributed by atoms with van der Waals surface area (Å²) in [6, 6.07) is 2.79. The third kappa shape index (κ3) is 3.96. The highest BCUT2D eigenvalue weighted by Gasteiger charge is 2.40. The van der Waals surface area contributed by atoms with Crippen LogP contribution in [0.1, 0.15) is 46.0 Å². The molecule has 0 aromatic heterocycles. The average molecular weight is 292 g/mol. The van der Waals surface area contributed by atoms with E-state index < -0.39 is 5.54 Å². The number of rotatable bonds is 7. The first-order valence-electron chi connectivity index (χ1n) is 8.27. The van der Waals surface area contributed by atoms with E-state index in [4.69, 9.17) is 0 Å². The van der Waals surface area contributed by atoms with Crippen LogP contribution in [0.15, 0.2) is 0 Å². The smallest absolute Gasteiger partial charge is 0.224 e. The van der Waals surface area contributed by atoms with Gasteiger partial charge in [-0.2, -0.15) is 5.26 Å². The minimum Gasteiger partial charge on any atom is -0.354 e. The highest BCUT2D eigenvalue weighted by atomic mass is 16.2. The summed E-state index contributed by atoms with van der Waals surface area (Å²) in [4.78, 5) is 14.2. The fraction of sp³-hybridized carbons (Fsp3) is 0.875. The highest BCUT2D eigenvalue weighted by molar-refractivity contribution is 5.82. The molecule has 2 aliphatic rings. The van der Waals surface area contributed by atoms with Gasteiger partial charge in [0.05, 0.1) is 12.0 Å². The van der Waals surface area contributed by atoms with Crippen molar-refractivity contribution >= 4 is 5.91 Å². The van der Waals surface area contributed by atoms with Crippen LogP contribution in [0, 0.1) is 17.2 Å². The van der Waals surface area contributed by atoms with Crippen LogP contribution in [0.5, 0.6) is 0 Å². The fourth-order valence-electron chi connectivity index (χ4n) is 3.54. The zero-order valence-corrected chi connectivity index (χ0v) is 13.3. The number of carbonyl (C=O) groups excluding carboxylic acids is 1. The number of hydrogen-bond acceptors (Lipinski definition) is 4. The number of fused-ring (bicyclic) bond motifs is 1. The monoisotopic (exact) mass is 292 g/mol. The van der Waals surface area contributed by atoms with Crippen molar-refractivity contribution in [3.63, 3.8) is 0 Å². The summed E-state index contributed by atoms with van der Waals surface area (Å²) in [5.41, 5.74) is -0.422. The van der Waals surface area contributed by atoms with Crippen LogP contribution < -0.4 is 10.6 Å². The number of nitrogens with one attached hydrogen (secondary N) is 2. The van der Waals surface area contributed by atoms with Crippen molar-refractivity contribution in [2.75, 3.05) is 26.2 Å². The summed E-state index contributed by atoms with van der Waals surface area (Å²) >= 11 is 0. The van der Waals surface area contributed by atoms with Crippen molar-refractivity contribution in [2.24, 2.45) is 5.92 Å². The molecule has 0 bridgehead atoms. The lowest BCUT2D eigenvalue weighted by Gasteiger charge is -2.36. The largest absolute Gasteiger partial charge is 0.354 e. The van der Waals surface area contributed by atoms with Crippen molar-refractivity contribution in [2.45, 2.75) is 57.5 Å². The zero-order valence-electron chi connectivity index (χ0n) is 13.3. The van der Waals surface area contributed by atoms with E-state index in [0.29, 0.717) is 6.04 Å².